The van der Waals surface area contributed by atoms with Crippen molar-refractivity contribution >= 4 is 17.5 Å². The van der Waals surface area contributed by atoms with Gasteiger partial charge in [-0.2, -0.15) is 13.2 Å². The first kappa shape index (κ1) is 18.1. The number of halogens is 3. The van der Waals surface area contributed by atoms with Crippen molar-refractivity contribution in [3.8, 4) is 5.75 Å². The second-order valence-corrected chi connectivity index (χ2v) is 5.17. The van der Waals surface area contributed by atoms with Gasteiger partial charge in [-0.1, -0.05) is 0 Å². The van der Waals surface area contributed by atoms with Crippen LogP contribution in [0, 0.1) is 0 Å². The number of amides is 2. The SMILES string of the molecule is O=C(COCC(F)(F)F)NCCOc1ccc2c(c1)CCC(=O)N2. The third-order valence-electron chi connectivity index (χ3n) is 3.16. The molecule has 1 heterocycles. The van der Waals surface area contributed by atoms with Crippen molar-refractivity contribution in [2.24, 2.45) is 0 Å². The molecule has 0 saturated carbocycles. The third kappa shape index (κ3) is 6.07. The summed E-state index contributed by atoms with van der Waals surface area (Å²) >= 11 is 0. The Balaban J connectivity index is 1.66. The highest BCUT2D eigenvalue weighted by Crippen LogP contribution is 2.26. The van der Waals surface area contributed by atoms with Gasteiger partial charge in [0.25, 0.3) is 0 Å². The normalized spacial score (nSPS) is 13.9. The zero-order valence-electron chi connectivity index (χ0n) is 12.7. The lowest BCUT2D eigenvalue weighted by atomic mass is 10.0. The minimum atomic E-state index is -4.45. The number of anilines is 1. The van der Waals surface area contributed by atoms with E-state index in [0.717, 1.165) is 11.3 Å². The monoisotopic (exact) mass is 346 g/mol. The molecule has 0 unspecified atom stereocenters. The predicted molar refractivity (Wildman–Crippen MR) is 78.8 cm³/mol. The molecule has 2 amide bonds. The number of carbonyl (C=O) groups is 2. The maximum Gasteiger partial charge on any atom is 0.411 e. The Kier molecular flexibility index (Phi) is 6.02. The molecule has 0 aliphatic carbocycles. The van der Waals surface area contributed by atoms with E-state index in [1.54, 1.807) is 12.1 Å². The molecule has 24 heavy (non-hydrogen) atoms. The van der Waals surface area contributed by atoms with Crippen molar-refractivity contribution in [1.29, 1.82) is 0 Å². The number of hydrogen-bond donors (Lipinski definition) is 2. The summed E-state index contributed by atoms with van der Waals surface area (Å²) in [5.74, 6) is -0.0740. The zero-order valence-corrected chi connectivity index (χ0v) is 12.7. The first-order valence-electron chi connectivity index (χ1n) is 7.30. The van der Waals surface area contributed by atoms with Crippen LogP contribution in [-0.2, 0) is 20.7 Å². The summed E-state index contributed by atoms with van der Waals surface area (Å²) in [6, 6.07) is 5.24. The molecular weight excluding hydrogens is 329 g/mol. The summed E-state index contributed by atoms with van der Waals surface area (Å²) < 4.78 is 45.2. The minimum Gasteiger partial charge on any atom is -0.492 e. The summed E-state index contributed by atoms with van der Waals surface area (Å²) in [5, 5.41) is 5.15. The van der Waals surface area contributed by atoms with Crippen LogP contribution in [0.4, 0.5) is 18.9 Å². The number of alkyl halides is 3. The van der Waals surface area contributed by atoms with E-state index in [0.29, 0.717) is 18.6 Å². The second kappa shape index (κ2) is 8.00. The molecule has 1 aliphatic rings. The fraction of sp³-hybridized carbons (Fsp3) is 0.467. The van der Waals surface area contributed by atoms with Gasteiger partial charge in [0, 0.05) is 12.1 Å². The lowest BCUT2D eigenvalue weighted by Gasteiger charge is -2.17. The molecule has 132 valence electrons. The lowest BCUT2D eigenvalue weighted by Crippen LogP contribution is -2.32. The Morgan fingerprint density at radius 2 is 2.08 bits per heavy atom. The molecule has 2 rings (SSSR count). The zero-order chi connectivity index (χ0) is 17.6. The molecule has 0 atom stereocenters. The van der Waals surface area contributed by atoms with Crippen LogP contribution < -0.4 is 15.4 Å². The highest BCUT2D eigenvalue weighted by molar-refractivity contribution is 5.94. The van der Waals surface area contributed by atoms with Crippen LogP contribution in [0.15, 0.2) is 18.2 Å². The summed E-state index contributed by atoms with van der Waals surface area (Å²) in [6.07, 6.45) is -3.40. The molecule has 0 bridgehead atoms. The molecule has 1 aliphatic heterocycles. The van der Waals surface area contributed by atoms with Crippen LogP contribution in [0.1, 0.15) is 12.0 Å². The number of fused-ring (bicyclic) bond motifs is 1. The summed E-state index contributed by atoms with van der Waals surface area (Å²) in [6.45, 7) is -1.81. The van der Waals surface area contributed by atoms with Gasteiger partial charge in [0.05, 0.1) is 6.54 Å². The number of hydrogen-bond acceptors (Lipinski definition) is 4. The Labute approximate surface area is 136 Å². The Morgan fingerprint density at radius 1 is 1.29 bits per heavy atom. The lowest BCUT2D eigenvalue weighted by molar-refractivity contribution is -0.175. The molecule has 6 nitrogen and oxygen atoms in total. The quantitative estimate of drug-likeness (QED) is 0.736. The van der Waals surface area contributed by atoms with Crippen LogP contribution in [0.3, 0.4) is 0 Å². The van der Waals surface area contributed by atoms with Crippen LogP contribution in [-0.4, -0.2) is 44.4 Å². The van der Waals surface area contributed by atoms with Crippen molar-refractivity contribution in [3.63, 3.8) is 0 Å². The summed E-state index contributed by atoms with van der Waals surface area (Å²) in [4.78, 5) is 22.5. The van der Waals surface area contributed by atoms with Gasteiger partial charge in [-0.15, -0.1) is 0 Å². The molecule has 1 aromatic rings. The van der Waals surface area contributed by atoms with Gasteiger partial charge in [0.15, 0.2) is 0 Å². The number of carbonyl (C=O) groups excluding carboxylic acids is 2. The largest absolute Gasteiger partial charge is 0.492 e. The molecule has 1 aromatic carbocycles. The topological polar surface area (TPSA) is 76.7 Å². The van der Waals surface area contributed by atoms with Crippen molar-refractivity contribution < 1.29 is 32.2 Å². The first-order chi connectivity index (χ1) is 11.3. The van der Waals surface area contributed by atoms with E-state index in [1.165, 1.54) is 0 Å². The molecule has 0 spiro atoms. The number of ether oxygens (including phenoxy) is 2. The Morgan fingerprint density at radius 3 is 2.83 bits per heavy atom. The van der Waals surface area contributed by atoms with E-state index in [2.05, 4.69) is 15.4 Å². The van der Waals surface area contributed by atoms with E-state index in [-0.39, 0.29) is 19.1 Å². The average molecular weight is 346 g/mol. The van der Waals surface area contributed by atoms with E-state index in [4.69, 9.17) is 4.74 Å². The highest BCUT2D eigenvalue weighted by Gasteiger charge is 2.27. The van der Waals surface area contributed by atoms with Gasteiger partial charge in [-0.3, -0.25) is 9.59 Å². The Hall–Kier alpha value is -2.29. The number of nitrogens with one attached hydrogen (secondary N) is 2. The standard InChI is InChI=1S/C15H17F3N2O4/c16-15(17,18)9-23-8-14(22)19-5-6-24-11-2-3-12-10(7-11)1-4-13(21)20-12/h2-3,7H,1,4-6,8-9H2,(H,19,22)(H,20,21). The summed E-state index contributed by atoms with van der Waals surface area (Å²) in [7, 11) is 0. The van der Waals surface area contributed by atoms with E-state index >= 15 is 0 Å². The molecule has 9 heteroatoms. The third-order valence-corrected chi connectivity index (χ3v) is 3.16. The van der Waals surface area contributed by atoms with Crippen molar-refractivity contribution in [2.75, 3.05) is 31.7 Å². The van der Waals surface area contributed by atoms with Crippen molar-refractivity contribution in [1.82, 2.24) is 5.32 Å². The highest BCUT2D eigenvalue weighted by atomic mass is 19.4. The maximum atomic E-state index is 11.8. The Bertz CT molecular complexity index is 605. The molecule has 0 aromatic heterocycles. The fourth-order valence-corrected chi connectivity index (χ4v) is 2.12. The van der Waals surface area contributed by atoms with Gasteiger partial charge in [0.2, 0.25) is 11.8 Å². The molecule has 0 fully saturated rings. The summed E-state index contributed by atoms with van der Waals surface area (Å²) in [5.41, 5.74) is 1.73. The van der Waals surface area contributed by atoms with Crippen LogP contribution in [0.5, 0.6) is 5.75 Å². The first-order valence-corrected chi connectivity index (χ1v) is 7.30. The van der Waals surface area contributed by atoms with Gasteiger partial charge >= 0.3 is 6.18 Å². The molecule has 0 saturated heterocycles. The smallest absolute Gasteiger partial charge is 0.411 e. The van der Waals surface area contributed by atoms with Crippen molar-refractivity contribution in [2.45, 2.75) is 19.0 Å². The number of benzene rings is 1. The van der Waals surface area contributed by atoms with Gasteiger partial charge in [0.1, 0.15) is 25.6 Å². The average Bonchev–Trinajstić information content (AvgIpc) is 2.50. The molecule has 2 N–H and O–H groups in total. The van der Waals surface area contributed by atoms with Crippen LogP contribution in [0.25, 0.3) is 0 Å². The van der Waals surface area contributed by atoms with E-state index in [1.807, 2.05) is 6.07 Å². The maximum absolute atomic E-state index is 11.8. The van der Waals surface area contributed by atoms with Gasteiger partial charge < -0.3 is 20.1 Å². The van der Waals surface area contributed by atoms with E-state index in [9.17, 15) is 22.8 Å². The number of aryl methyl sites for hydroxylation is 1. The molecular formula is C15H17F3N2O4. The van der Waals surface area contributed by atoms with Gasteiger partial charge in [-0.25, -0.2) is 0 Å². The fourth-order valence-electron chi connectivity index (χ4n) is 2.12. The second-order valence-electron chi connectivity index (χ2n) is 5.17. The van der Waals surface area contributed by atoms with Crippen LogP contribution >= 0.6 is 0 Å². The minimum absolute atomic E-state index is 0.0216. The van der Waals surface area contributed by atoms with Gasteiger partial charge in [-0.05, 0) is 30.2 Å². The predicted octanol–water partition coefficient (Wildman–Crippen LogP) is 1.65. The van der Waals surface area contributed by atoms with E-state index < -0.39 is 25.3 Å². The van der Waals surface area contributed by atoms with Crippen LogP contribution in [0.2, 0.25) is 0 Å². The molecule has 0 radical (unpaired) electrons. The van der Waals surface area contributed by atoms with Crippen molar-refractivity contribution in [3.05, 3.63) is 23.8 Å². The number of rotatable bonds is 7.